The minimum absolute atomic E-state index is 0.335. The van der Waals surface area contributed by atoms with Gasteiger partial charge in [-0.2, -0.15) is 5.10 Å². The Morgan fingerprint density at radius 2 is 2.20 bits per heavy atom. The first-order valence-corrected chi connectivity index (χ1v) is 8.02. The topological polar surface area (TPSA) is 29.9 Å². The molecule has 0 aliphatic heterocycles. The molecule has 0 saturated heterocycles. The molecule has 1 atom stereocenters. The van der Waals surface area contributed by atoms with Crippen molar-refractivity contribution in [2.45, 2.75) is 39.3 Å². The number of nitrogens with one attached hydrogen (secondary N) is 1. The van der Waals surface area contributed by atoms with Gasteiger partial charge in [0.15, 0.2) is 0 Å². The van der Waals surface area contributed by atoms with Gasteiger partial charge in [0, 0.05) is 23.3 Å². The highest BCUT2D eigenvalue weighted by Gasteiger charge is 2.13. The summed E-state index contributed by atoms with van der Waals surface area (Å²) in [6.07, 6.45) is 6.22. The second-order valence-electron chi connectivity index (χ2n) is 4.97. The van der Waals surface area contributed by atoms with E-state index in [0.29, 0.717) is 6.04 Å². The van der Waals surface area contributed by atoms with Crippen molar-refractivity contribution in [3.63, 3.8) is 0 Å². The minimum atomic E-state index is 0.335. The number of aromatic nitrogens is 2. The lowest BCUT2D eigenvalue weighted by Gasteiger charge is -2.18. The predicted octanol–water partition coefficient (Wildman–Crippen LogP) is 3.95. The Morgan fingerprint density at radius 1 is 1.35 bits per heavy atom. The van der Waals surface area contributed by atoms with Crippen LogP contribution in [0, 0.1) is 0 Å². The summed E-state index contributed by atoms with van der Waals surface area (Å²) in [5.74, 6) is 0. The van der Waals surface area contributed by atoms with Gasteiger partial charge in [0.05, 0.1) is 6.20 Å². The molecule has 20 heavy (non-hydrogen) atoms. The number of benzene rings is 1. The molecule has 0 fully saturated rings. The lowest BCUT2D eigenvalue weighted by Crippen LogP contribution is -2.24. The monoisotopic (exact) mass is 335 g/mol. The van der Waals surface area contributed by atoms with Crippen LogP contribution in [0.15, 0.2) is 41.1 Å². The molecule has 4 heteroatoms. The highest BCUT2D eigenvalue weighted by atomic mass is 79.9. The lowest BCUT2D eigenvalue weighted by atomic mass is 10.0. The van der Waals surface area contributed by atoms with E-state index in [1.807, 2.05) is 10.9 Å². The standard InChI is InChI=1S/C16H22BrN3/c1-3-8-18-16(14-6-5-7-15(17)10-14)9-13-11-19-20(4-2)12-13/h5-7,10-12,16,18H,3-4,8-9H2,1-2H3. The average molecular weight is 336 g/mol. The second kappa shape index (κ2) is 7.60. The minimum Gasteiger partial charge on any atom is -0.310 e. The molecule has 1 aromatic carbocycles. The first kappa shape index (κ1) is 15.3. The van der Waals surface area contributed by atoms with Crippen LogP contribution in [0.5, 0.6) is 0 Å². The maximum Gasteiger partial charge on any atom is 0.0522 e. The van der Waals surface area contributed by atoms with Crippen LogP contribution in [0.25, 0.3) is 0 Å². The van der Waals surface area contributed by atoms with Crippen LogP contribution < -0.4 is 5.32 Å². The third kappa shape index (κ3) is 4.18. The molecule has 1 aromatic heterocycles. The van der Waals surface area contributed by atoms with Crippen LogP contribution >= 0.6 is 15.9 Å². The van der Waals surface area contributed by atoms with Gasteiger partial charge in [-0.3, -0.25) is 4.68 Å². The van der Waals surface area contributed by atoms with Crippen molar-refractivity contribution in [3.05, 3.63) is 52.3 Å². The Hall–Kier alpha value is -1.13. The Labute approximate surface area is 129 Å². The van der Waals surface area contributed by atoms with E-state index in [1.165, 1.54) is 11.1 Å². The summed E-state index contributed by atoms with van der Waals surface area (Å²) < 4.78 is 3.11. The molecule has 3 nitrogen and oxygen atoms in total. The van der Waals surface area contributed by atoms with E-state index >= 15 is 0 Å². The van der Waals surface area contributed by atoms with E-state index in [2.05, 4.69) is 70.7 Å². The number of rotatable bonds is 7. The molecular weight excluding hydrogens is 314 g/mol. The summed E-state index contributed by atoms with van der Waals surface area (Å²) in [6.45, 7) is 6.25. The molecular formula is C16H22BrN3. The Bertz CT molecular complexity index is 536. The Morgan fingerprint density at radius 3 is 2.85 bits per heavy atom. The fourth-order valence-corrected chi connectivity index (χ4v) is 2.69. The fraction of sp³-hybridized carbons (Fsp3) is 0.438. The highest BCUT2D eigenvalue weighted by molar-refractivity contribution is 9.10. The molecule has 0 aliphatic rings. The van der Waals surface area contributed by atoms with Gasteiger partial charge in [-0.25, -0.2) is 0 Å². The number of halogens is 1. The zero-order chi connectivity index (χ0) is 14.4. The van der Waals surface area contributed by atoms with Crippen LogP contribution in [0.4, 0.5) is 0 Å². The molecule has 0 bridgehead atoms. The molecule has 0 saturated carbocycles. The zero-order valence-electron chi connectivity index (χ0n) is 12.1. The van der Waals surface area contributed by atoms with E-state index in [-0.39, 0.29) is 0 Å². The molecule has 0 amide bonds. The van der Waals surface area contributed by atoms with Gasteiger partial charge >= 0.3 is 0 Å². The summed E-state index contributed by atoms with van der Waals surface area (Å²) in [4.78, 5) is 0. The van der Waals surface area contributed by atoms with Gasteiger partial charge in [-0.05, 0) is 49.6 Å². The van der Waals surface area contributed by atoms with Crippen molar-refractivity contribution in [3.8, 4) is 0 Å². The van der Waals surface area contributed by atoms with Crippen LogP contribution in [-0.4, -0.2) is 16.3 Å². The van der Waals surface area contributed by atoms with Crippen molar-refractivity contribution in [2.75, 3.05) is 6.54 Å². The maximum absolute atomic E-state index is 4.36. The molecule has 0 spiro atoms. The largest absolute Gasteiger partial charge is 0.310 e. The van der Waals surface area contributed by atoms with Gasteiger partial charge in [-0.1, -0.05) is 35.0 Å². The quantitative estimate of drug-likeness (QED) is 0.830. The number of aryl methyl sites for hydroxylation is 1. The van der Waals surface area contributed by atoms with Gasteiger partial charge in [0.2, 0.25) is 0 Å². The van der Waals surface area contributed by atoms with Gasteiger partial charge in [0.25, 0.3) is 0 Å². The third-order valence-electron chi connectivity index (χ3n) is 3.34. The van der Waals surface area contributed by atoms with E-state index in [4.69, 9.17) is 0 Å². The van der Waals surface area contributed by atoms with Crippen molar-refractivity contribution in [1.29, 1.82) is 0 Å². The summed E-state index contributed by atoms with van der Waals surface area (Å²) in [7, 11) is 0. The average Bonchev–Trinajstić information content (AvgIpc) is 2.91. The predicted molar refractivity (Wildman–Crippen MR) is 86.8 cm³/mol. The molecule has 0 radical (unpaired) electrons. The van der Waals surface area contributed by atoms with E-state index in [0.717, 1.165) is 30.4 Å². The molecule has 1 heterocycles. The number of nitrogens with zero attached hydrogens (tertiary/aromatic N) is 2. The molecule has 1 unspecified atom stereocenters. The highest BCUT2D eigenvalue weighted by Crippen LogP contribution is 2.21. The van der Waals surface area contributed by atoms with Crippen LogP contribution in [-0.2, 0) is 13.0 Å². The van der Waals surface area contributed by atoms with Crippen molar-refractivity contribution in [1.82, 2.24) is 15.1 Å². The van der Waals surface area contributed by atoms with Crippen molar-refractivity contribution in [2.24, 2.45) is 0 Å². The lowest BCUT2D eigenvalue weighted by molar-refractivity contribution is 0.528. The van der Waals surface area contributed by atoms with Gasteiger partial charge in [0.1, 0.15) is 0 Å². The third-order valence-corrected chi connectivity index (χ3v) is 3.84. The Balaban J connectivity index is 2.14. The first-order valence-electron chi connectivity index (χ1n) is 7.23. The molecule has 108 valence electrons. The number of hydrogen-bond donors (Lipinski definition) is 1. The fourth-order valence-electron chi connectivity index (χ4n) is 2.27. The molecule has 2 rings (SSSR count). The van der Waals surface area contributed by atoms with Crippen LogP contribution in [0.1, 0.15) is 37.4 Å². The summed E-state index contributed by atoms with van der Waals surface area (Å²) in [5.41, 5.74) is 2.59. The smallest absolute Gasteiger partial charge is 0.0522 e. The summed E-state index contributed by atoms with van der Waals surface area (Å²) in [5, 5.41) is 7.99. The molecule has 2 aromatic rings. The van der Waals surface area contributed by atoms with E-state index in [1.54, 1.807) is 0 Å². The van der Waals surface area contributed by atoms with Gasteiger partial charge in [-0.15, -0.1) is 0 Å². The second-order valence-corrected chi connectivity index (χ2v) is 5.89. The zero-order valence-corrected chi connectivity index (χ0v) is 13.7. The van der Waals surface area contributed by atoms with Gasteiger partial charge < -0.3 is 5.32 Å². The van der Waals surface area contributed by atoms with Crippen LogP contribution in [0.2, 0.25) is 0 Å². The van der Waals surface area contributed by atoms with Crippen molar-refractivity contribution < 1.29 is 0 Å². The SMILES string of the molecule is CCCNC(Cc1cnn(CC)c1)c1cccc(Br)c1. The van der Waals surface area contributed by atoms with Crippen LogP contribution in [0.3, 0.4) is 0 Å². The molecule has 1 N–H and O–H groups in total. The van der Waals surface area contributed by atoms with E-state index in [9.17, 15) is 0 Å². The first-order chi connectivity index (χ1) is 9.72. The van der Waals surface area contributed by atoms with Crippen molar-refractivity contribution >= 4 is 15.9 Å². The van der Waals surface area contributed by atoms with E-state index < -0.39 is 0 Å². The maximum atomic E-state index is 4.36. The summed E-state index contributed by atoms with van der Waals surface area (Å²) in [6, 6.07) is 8.87. The molecule has 0 aliphatic carbocycles. The summed E-state index contributed by atoms with van der Waals surface area (Å²) >= 11 is 3.56. The number of hydrogen-bond acceptors (Lipinski definition) is 2. The Kier molecular flexibility index (Phi) is 5.80. The normalized spacial score (nSPS) is 12.6.